The van der Waals surface area contributed by atoms with Crippen LogP contribution in [0.3, 0.4) is 0 Å². The first-order valence-electron chi connectivity index (χ1n) is 5.40. The molecule has 0 aromatic heterocycles. The van der Waals surface area contributed by atoms with E-state index in [1.807, 2.05) is 37.3 Å². The number of sulfone groups is 1. The van der Waals surface area contributed by atoms with Crippen LogP contribution in [0.4, 0.5) is 0 Å². The van der Waals surface area contributed by atoms with Crippen molar-refractivity contribution in [2.24, 2.45) is 0 Å². The van der Waals surface area contributed by atoms with Gasteiger partial charge < -0.3 is 0 Å². The molecule has 0 aliphatic rings. The minimum Gasteiger partial charge on any atom is -0.229 e. The highest BCUT2D eigenvalue weighted by atomic mass is 79.9. The fraction of sp³-hybridized carbons (Fsp3) is 0.500. The molecule has 0 heterocycles. The van der Waals surface area contributed by atoms with Gasteiger partial charge in [0, 0.05) is 17.0 Å². The van der Waals surface area contributed by atoms with Gasteiger partial charge in [0.15, 0.2) is 9.84 Å². The summed E-state index contributed by atoms with van der Waals surface area (Å²) in [6.07, 6.45) is 0.687. The summed E-state index contributed by atoms with van der Waals surface area (Å²) in [5.74, 6) is 0.567. The molecule has 0 fully saturated rings. The van der Waals surface area contributed by atoms with Crippen molar-refractivity contribution in [3.05, 3.63) is 35.9 Å². The van der Waals surface area contributed by atoms with E-state index >= 15 is 0 Å². The smallest absolute Gasteiger partial charge is 0.150 e. The van der Waals surface area contributed by atoms with Gasteiger partial charge in [0.2, 0.25) is 0 Å². The second-order valence-corrected chi connectivity index (χ2v) is 6.75. The minimum atomic E-state index is -2.92. The van der Waals surface area contributed by atoms with Gasteiger partial charge in [0.25, 0.3) is 0 Å². The number of hydrogen-bond donors (Lipinski definition) is 0. The van der Waals surface area contributed by atoms with Crippen LogP contribution in [-0.4, -0.2) is 25.3 Å². The zero-order chi connectivity index (χ0) is 12.0. The second kappa shape index (κ2) is 6.40. The third kappa shape index (κ3) is 4.26. The molecule has 2 nitrogen and oxygen atoms in total. The Hall–Kier alpha value is -0.350. The van der Waals surface area contributed by atoms with E-state index in [0.29, 0.717) is 11.8 Å². The van der Waals surface area contributed by atoms with Crippen LogP contribution >= 0.6 is 15.9 Å². The SMILES string of the molecule is CCCS(=O)(=O)CC(CBr)c1ccccc1. The fourth-order valence-corrected chi connectivity index (χ4v) is 4.27. The predicted molar refractivity (Wildman–Crippen MR) is 71.9 cm³/mol. The lowest BCUT2D eigenvalue weighted by Gasteiger charge is -2.14. The number of alkyl halides is 1. The van der Waals surface area contributed by atoms with Gasteiger partial charge in [-0.2, -0.15) is 0 Å². The first-order chi connectivity index (χ1) is 7.59. The maximum Gasteiger partial charge on any atom is 0.150 e. The quantitative estimate of drug-likeness (QED) is 0.757. The molecule has 0 saturated heterocycles. The lowest BCUT2D eigenvalue weighted by Crippen LogP contribution is -2.18. The third-order valence-corrected chi connectivity index (χ3v) is 5.15. The molecule has 16 heavy (non-hydrogen) atoms. The standard InChI is InChI=1S/C12H17BrO2S/c1-2-8-16(14,15)10-12(9-13)11-6-4-3-5-7-11/h3-7,12H,2,8-10H2,1H3. The summed E-state index contributed by atoms with van der Waals surface area (Å²) < 4.78 is 23.5. The monoisotopic (exact) mass is 304 g/mol. The summed E-state index contributed by atoms with van der Waals surface area (Å²) in [4.78, 5) is 0. The average molecular weight is 305 g/mol. The molecule has 0 saturated carbocycles. The van der Waals surface area contributed by atoms with Crippen LogP contribution in [0.1, 0.15) is 24.8 Å². The van der Waals surface area contributed by atoms with E-state index in [4.69, 9.17) is 0 Å². The second-order valence-electron chi connectivity index (χ2n) is 3.88. The Bertz CT molecular complexity index is 400. The van der Waals surface area contributed by atoms with Crippen LogP contribution in [-0.2, 0) is 9.84 Å². The van der Waals surface area contributed by atoms with Crippen molar-refractivity contribution in [3.63, 3.8) is 0 Å². The Balaban J connectivity index is 2.78. The third-order valence-electron chi connectivity index (χ3n) is 2.43. The van der Waals surface area contributed by atoms with E-state index < -0.39 is 9.84 Å². The van der Waals surface area contributed by atoms with E-state index in [1.165, 1.54) is 0 Å². The van der Waals surface area contributed by atoms with Crippen LogP contribution in [0.2, 0.25) is 0 Å². The van der Waals surface area contributed by atoms with Crippen LogP contribution in [0, 0.1) is 0 Å². The van der Waals surface area contributed by atoms with Gasteiger partial charge in [0.1, 0.15) is 0 Å². The zero-order valence-electron chi connectivity index (χ0n) is 9.40. The van der Waals surface area contributed by atoms with E-state index in [9.17, 15) is 8.42 Å². The van der Waals surface area contributed by atoms with Crippen LogP contribution in [0.25, 0.3) is 0 Å². The molecule has 1 aromatic rings. The maximum atomic E-state index is 11.8. The fourth-order valence-electron chi connectivity index (χ4n) is 1.66. The Labute approximate surface area is 106 Å². The Kier molecular flexibility index (Phi) is 5.49. The maximum absolute atomic E-state index is 11.8. The van der Waals surface area contributed by atoms with Gasteiger partial charge in [-0.3, -0.25) is 0 Å². The Morgan fingerprint density at radius 2 is 1.88 bits per heavy atom. The van der Waals surface area contributed by atoms with Crippen molar-refractivity contribution >= 4 is 25.8 Å². The zero-order valence-corrected chi connectivity index (χ0v) is 11.8. The first-order valence-corrected chi connectivity index (χ1v) is 8.34. The topological polar surface area (TPSA) is 34.1 Å². The van der Waals surface area contributed by atoms with Gasteiger partial charge in [-0.25, -0.2) is 8.42 Å². The molecule has 1 atom stereocenters. The molecular weight excluding hydrogens is 288 g/mol. The van der Waals surface area contributed by atoms with Crippen molar-refractivity contribution in [1.82, 2.24) is 0 Å². The number of hydrogen-bond acceptors (Lipinski definition) is 2. The first kappa shape index (κ1) is 13.7. The predicted octanol–water partition coefficient (Wildman–Crippen LogP) is 2.99. The van der Waals surface area contributed by atoms with Crippen molar-refractivity contribution in [3.8, 4) is 0 Å². The molecule has 0 aliphatic carbocycles. The molecule has 1 rings (SSSR count). The average Bonchev–Trinajstić information content (AvgIpc) is 2.27. The van der Waals surface area contributed by atoms with Crippen molar-refractivity contribution in [1.29, 1.82) is 0 Å². The Morgan fingerprint density at radius 3 is 2.38 bits per heavy atom. The number of benzene rings is 1. The van der Waals surface area contributed by atoms with Crippen LogP contribution in [0.15, 0.2) is 30.3 Å². The molecule has 4 heteroatoms. The lowest BCUT2D eigenvalue weighted by atomic mass is 10.0. The minimum absolute atomic E-state index is 0.0535. The number of halogens is 1. The highest BCUT2D eigenvalue weighted by Gasteiger charge is 2.18. The highest BCUT2D eigenvalue weighted by Crippen LogP contribution is 2.20. The van der Waals surface area contributed by atoms with Gasteiger partial charge >= 0.3 is 0 Å². The van der Waals surface area contributed by atoms with Crippen LogP contribution < -0.4 is 0 Å². The van der Waals surface area contributed by atoms with Crippen molar-refractivity contribution < 1.29 is 8.42 Å². The van der Waals surface area contributed by atoms with Crippen molar-refractivity contribution in [2.45, 2.75) is 19.3 Å². The van der Waals surface area contributed by atoms with Crippen LogP contribution in [0.5, 0.6) is 0 Å². The van der Waals surface area contributed by atoms with E-state index in [1.54, 1.807) is 0 Å². The summed E-state index contributed by atoms with van der Waals surface area (Å²) in [7, 11) is -2.92. The molecule has 0 spiro atoms. The molecule has 1 unspecified atom stereocenters. The summed E-state index contributed by atoms with van der Waals surface area (Å²) in [6.45, 7) is 1.89. The van der Waals surface area contributed by atoms with Crippen molar-refractivity contribution in [2.75, 3.05) is 16.8 Å². The molecular formula is C12H17BrO2S. The molecule has 0 aliphatic heterocycles. The number of rotatable bonds is 6. The van der Waals surface area contributed by atoms with Gasteiger partial charge in [-0.1, -0.05) is 53.2 Å². The molecule has 0 radical (unpaired) electrons. The summed E-state index contributed by atoms with van der Waals surface area (Å²) in [6, 6.07) is 9.78. The summed E-state index contributed by atoms with van der Waals surface area (Å²) in [5.41, 5.74) is 1.08. The van der Waals surface area contributed by atoms with Gasteiger partial charge in [-0.05, 0) is 12.0 Å². The summed E-state index contributed by atoms with van der Waals surface area (Å²) in [5, 5.41) is 0.681. The molecule has 0 amide bonds. The highest BCUT2D eigenvalue weighted by molar-refractivity contribution is 9.09. The summed E-state index contributed by atoms with van der Waals surface area (Å²) >= 11 is 3.39. The molecule has 0 bridgehead atoms. The molecule has 1 aromatic carbocycles. The molecule has 90 valence electrons. The Morgan fingerprint density at radius 1 is 1.25 bits per heavy atom. The van der Waals surface area contributed by atoms with Gasteiger partial charge in [0.05, 0.1) is 5.75 Å². The van der Waals surface area contributed by atoms with E-state index in [-0.39, 0.29) is 17.4 Å². The lowest BCUT2D eigenvalue weighted by molar-refractivity contribution is 0.590. The van der Waals surface area contributed by atoms with E-state index in [0.717, 1.165) is 5.56 Å². The normalized spacial score (nSPS) is 13.6. The van der Waals surface area contributed by atoms with E-state index in [2.05, 4.69) is 15.9 Å². The largest absolute Gasteiger partial charge is 0.229 e. The van der Waals surface area contributed by atoms with Gasteiger partial charge in [-0.15, -0.1) is 0 Å². The molecule has 0 N–H and O–H groups in total.